The molecule has 1 aliphatic rings. The number of ketones is 1. The highest BCUT2D eigenvalue weighted by molar-refractivity contribution is 6.33. The van der Waals surface area contributed by atoms with Crippen molar-refractivity contribution in [2.45, 2.75) is 19.8 Å². The van der Waals surface area contributed by atoms with Crippen LogP contribution < -0.4 is 4.90 Å². The van der Waals surface area contributed by atoms with Gasteiger partial charge in [0.2, 0.25) is 0 Å². The molecule has 0 unspecified atom stereocenters. The van der Waals surface area contributed by atoms with E-state index in [1.54, 1.807) is 0 Å². The van der Waals surface area contributed by atoms with Gasteiger partial charge < -0.3 is 4.90 Å². The van der Waals surface area contributed by atoms with Crippen LogP contribution in [-0.2, 0) is 0 Å². The van der Waals surface area contributed by atoms with E-state index in [0.717, 1.165) is 34.9 Å². The van der Waals surface area contributed by atoms with Crippen molar-refractivity contribution in [3.63, 3.8) is 0 Å². The number of rotatable bonds is 3. The van der Waals surface area contributed by atoms with E-state index in [1.165, 1.54) is 12.8 Å². The second kappa shape index (κ2) is 5.90. The number of carbonyl (C=O) groups excluding carboxylic acids is 1. The van der Waals surface area contributed by atoms with Gasteiger partial charge in [0.25, 0.3) is 0 Å². The Kier molecular flexibility index (Phi) is 3.98. The number of hydrogen-bond acceptors (Lipinski definition) is 2. The highest BCUT2D eigenvalue weighted by Gasteiger charge is 2.17. The highest BCUT2D eigenvalue weighted by atomic mass is 35.5. The highest BCUT2D eigenvalue weighted by Crippen LogP contribution is 2.30. The lowest BCUT2D eigenvalue weighted by Crippen LogP contribution is -2.18. The average Bonchev–Trinajstić information content (AvgIpc) is 3.02. The monoisotopic (exact) mass is 299 g/mol. The van der Waals surface area contributed by atoms with Gasteiger partial charge in [-0.25, -0.2) is 0 Å². The molecule has 1 heterocycles. The van der Waals surface area contributed by atoms with Crippen LogP contribution in [0.2, 0.25) is 5.02 Å². The molecule has 3 heteroatoms. The first-order valence-corrected chi connectivity index (χ1v) is 7.69. The number of benzene rings is 2. The number of hydrogen-bond donors (Lipinski definition) is 0. The summed E-state index contributed by atoms with van der Waals surface area (Å²) in [5.41, 5.74) is 3.55. The van der Waals surface area contributed by atoms with Crippen molar-refractivity contribution in [2.75, 3.05) is 18.0 Å². The van der Waals surface area contributed by atoms with E-state index >= 15 is 0 Å². The fourth-order valence-electron chi connectivity index (χ4n) is 2.73. The van der Waals surface area contributed by atoms with Crippen molar-refractivity contribution in [1.82, 2.24) is 0 Å². The van der Waals surface area contributed by atoms with Crippen molar-refractivity contribution >= 4 is 23.1 Å². The smallest absolute Gasteiger partial charge is 0.193 e. The van der Waals surface area contributed by atoms with Crippen molar-refractivity contribution in [1.29, 1.82) is 0 Å². The third-order valence-corrected chi connectivity index (χ3v) is 4.29. The summed E-state index contributed by atoms with van der Waals surface area (Å²) in [4.78, 5) is 14.8. The molecule has 2 nitrogen and oxygen atoms in total. The maximum absolute atomic E-state index is 12.6. The normalized spacial score (nSPS) is 14.5. The predicted octanol–water partition coefficient (Wildman–Crippen LogP) is 4.48. The van der Waals surface area contributed by atoms with Gasteiger partial charge in [-0.2, -0.15) is 0 Å². The van der Waals surface area contributed by atoms with E-state index in [0.29, 0.717) is 5.56 Å². The van der Waals surface area contributed by atoms with Crippen LogP contribution in [0.5, 0.6) is 0 Å². The first kappa shape index (κ1) is 14.2. The Morgan fingerprint density at radius 3 is 2.29 bits per heavy atom. The van der Waals surface area contributed by atoms with Crippen LogP contribution in [0.15, 0.2) is 42.5 Å². The number of nitrogens with zero attached hydrogens (tertiary/aromatic N) is 1. The third-order valence-electron chi connectivity index (χ3n) is 3.97. The molecule has 1 aliphatic heterocycles. The minimum Gasteiger partial charge on any atom is -0.370 e. The Morgan fingerprint density at radius 1 is 1.00 bits per heavy atom. The molecule has 1 fully saturated rings. The molecule has 0 radical (unpaired) electrons. The summed E-state index contributed by atoms with van der Waals surface area (Å²) in [6.45, 7) is 4.05. The van der Waals surface area contributed by atoms with E-state index < -0.39 is 0 Å². The Bertz CT molecular complexity index is 657. The van der Waals surface area contributed by atoms with Crippen molar-refractivity contribution < 1.29 is 4.79 Å². The zero-order chi connectivity index (χ0) is 14.8. The van der Waals surface area contributed by atoms with Crippen LogP contribution in [0.25, 0.3) is 0 Å². The SMILES string of the molecule is Cc1ccc(C(=O)c2ccc(Cl)c(N3CCCC3)c2)cc1. The Morgan fingerprint density at radius 2 is 1.62 bits per heavy atom. The van der Waals surface area contributed by atoms with Gasteiger partial charge in [0.15, 0.2) is 5.78 Å². The van der Waals surface area contributed by atoms with Gasteiger partial charge in [-0.05, 0) is 38.0 Å². The minimum absolute atomic E-state index is 0.0483. The van der Waals surface area contributed by atoms with E-state index in [2.05, 4.69) is 4.90 Å². The van der Waals surface area contributed by atoms with Gasteiger partial charge in [0.1, 0.15) is 0 Å². The van der Waals surface area contributed by atoms with Crippen LogP contribution in [0.4, 0.5) is 5.69 Å². The minimum atomic E-state index is 0.0483. The lowest BCUT2D eigenvalue weighted by atomic mass is 10.0. The molecule has 21 heavy (non-hydrogen) atoms. The van der Waals surface area contributed by atoms with Gasteiger partial charge in [-0.15, -0.1) is 0 Å². The molecule has 0 amide bonds. The molecule has 0 aliphatic carbocycles. The Labute approximate surface area is 130 Å². The largest absolute Gasteiger partial charge is 0.370 e. The Hall–Kier alpha value is -1.80. The summed E-state index contributed by atoms with van der Waals surface area (Å²) >= 11 is 6.29. The second-order valence-corrected chi connectivity index (χ2v) is 5.96. The molecule has 0 aromatic heterocycles. The average molecular weight is 300 g/mol. The van der Waals surface area contributed by atoms with E-state index in [1.807, 2.05) is 49.4 Å². The number of carbonyl (C=O) groups is 1. The van der Waals surface area contributed by atoms with Crippen LogP contribution >= 0.6 is 11.6 Å². The maximum Gasteiger partial charge on any atom is 0.193 e. The molecule has 2 aromatic carbocycles. The number of aryl methyl sites for hydroxylation is 1. The molecule has 0 bridgehead atoms. The molecular weight excluding hydrogens is 282 g/mol. The zero-order valence-electron chi connectivity index (χ0n) is 12.1. The van der Waals surface area contributed by atoms with Crippen LogP contribution in [0.3, 0.4) is 0 Å². The van der Waals surface area contributed by atoms with Gasteiger partial charge in [-0.1, -0.05) is 41.4 Å². The third kappa shape index (κ3) is 2.96. The summed E-state index contributed by atoms with van der Waals surface area (Å²) in [5, 5.41) is 0.720. The second-order valence-electron chi connectivity index (χ2n) is 5.56. The van der Waals surface area contributed by atoms with Crippen molar-refractivity contribution in [3.8, 4) is 0 Å². The molecule has 0 saturated carbocycles. The van der Waals surface area contributed by atoms with Gasteiger partial charge in [0, 0.05) is 24.2 Å². The lowest BCUT2D eigenvalue weighted by molar-refractivity contribution is 0.103. The molecule has 3 rings (SSSR count). The van der Waals surface area contributed by atoms with Crippen LogP contribution in [0, 0.1) is 6.92 Å². The van der Waals surface area contributed by atoms with Crippen LogP contribution in [-0.4, -0.2) is 18.9 Å². The van der Waals surface area contributed by atoms with Gasteiger partial charge >= 0.3 is 0 Å². The predicted molar refractivity (Wildman–Crippen MR) is 87.5 cm³/mol. The molecule has 2 aromatic rings. The quantitative estimate of drug-likeness (QED) is 0.779. The number of anilines is 1. The maximum atomic E-state index is 12.6. The molecular formula is C18H18ClNO. The first-order valence-electron chi connectivity index (χ1n) is 7.31. The molecule has 0 atom stereocenters. The lowest BCUT2D eigenvalue weighted by Gasteiger charge is -2.19. The summed E-state index contributed by atoms with van der Waals surface area (Å²) in [6, 6.07) is 13.2. The molecule has 108 valence electrons. The Balaban J connectivity index is 1.93. The van der Waals surface area contributed by atoms with Crippen LogP contribution in [0.1, 0.15) is 34.3 Å². The molecule has 0 spiro atoms. The molecule has 1 saturated heterocycles. The summed E-state index contributed by atoms with van der Waals surface area (Å²) in [5.74, 6) is 0.0483. The van der Waals surface area contributed by atoms with Gasteiger partial charge in [0.05, 0.1) is 10.7 Å². The fraction of sp³-hybridized carbons (Fsp3) is 0.278. The topological polar surface area (TPSA) is 20.3 Å². The van der Waals surface area contributed by atoms with Gasteiger partial charge in [-0.3, -0.25) is 4.79 Å². The van der Waals surface area contributed by atoms with E-state index in [9.17, 15) is 4.79 Å². The zero-order valence-corrected chi connectivity index (χ0v) is 12.9. The first-order chi connectivity index (χ1) is 10.1. The summed E-state index contributed by atoms with van der Waals surface area (Å²) in [7, 11) is 0. The molecule has 0 N–H and O–H groups in total. The standard InChI is InChI=1S/C18H18ClNO/c1-13-4-6-14(7-5-13)18(21)15-8-9-16(19)17(12-15)20-10-2-3-11-20/h4-9,12H,2-3,10-11H2,1H3. The van der Waals surface area contributed by atoms with Crippen molar-refractivity contribution in [3.05, 3.63) is 64.2 Å². The summed E-state index contributed by atoms with van der Waals surface area (Å²) < 4.78 is 0. The fourth-order valence-corrected chi connectivity index (χ4v) is 2.96. The van der Waals surface area contributed by atoms with E-state index in [4.69, 9.17) is 11.6 Å². The summed E-state index contributed by atoms with van der Waals surface area (Å²) in [6.07, 6.45) is 2.37. The van der Waals surface area contributed by atoms with E-state index in [-0.39, 0.29) is 5.78 Å². The van der Waals surface area contributed by atoms with Crippen molar-refractivity contribution in [2.24, 2.45) is 0 Å². The number of halogens is 1.